The van der Waals surface area contributed by atoms with Crippen molar-refractivity contribution < 1.29 is 0 Å². The molecule has 0 N–H and O–H groups in total. The van der Waals surface area contributed by atoms with E-state index in [4.69, 9.17) is 11.6 Å². The molecule has 3 nitrogen and oxygen atoms in total. The molecule has 0 saturated carbocycles. The number of aromatic nitrogens is 2. The van der Waals surface area contributed by atoms with Gasteiger partial charge in [0.25, 0.3) is 0 Å². The molecule has 1 aliphatic heterocycles. The van der Waals surface area contributed by atoms with E-state index in [-0.39, 0.29) is 0 Å². The van der Waals surface area contributed by atoms with Crippen LogP contribution in [0.2, 0.25) is 5.02 Å². The zero-order chi connectivity index (χ0) is 12.5. The molecule has 4 heteroatoms. The Labute approximate surface area is 112 Å². The lowest BCUT2D eigenvalue weighted by Gasteiger charge is -2.12. The predicted molar refractivity (Wildman–Crippen MR) is 74.1 cm³/mol. The number of pyridine rings is 1. The summed E-state index contributed by atoms with van der Waals surface area (Å²) < 4.78 is 2.12. The fourth-order valence-electron chi connectivity index (χ4n) is 2.82. The number of hydrogen-bond donors (Lipinski definition) is 0. The van der Waals surface area contributed by atoms with Crippen LogP contribution in [0, 0.1) is 5.92 Å². The van der Waals surface area contributed by atoms with Crippen molar-refractivity contribution in [3.63, 3.8) is 0 Å². The Bertz CT molecular complexity index is 549. The van der Waals surface area contributed by atoms with Crippen LogP contribution in [0.3, 0.4) is 0 Å². The van der Waals surface area contributed by atoms with Crippen molar-refractivity contribution in [1.82, 2.24) is 14.3 Å². The van der Waals surface area contributed by atoms with Crippen LogP contribution in [-0.2, 0) is 6.42 Å². The van der Waals surface area contributed by atoms with E-state index < -0.39 is 0 Å². The third-order valence-corrected chi connectivity index (χ3v) is 4.20. The lowest BCUT2D eigenvalue weighted by Crippen LogP contribution is -2.20. The first-order chi connectivity index (χ1) is 8.78. The van der Waals surface area contributed by atoms with Crippen LogP contribution in [-0.4, -0.2) is 33.9 Å². The molecule has 1 fully saturated rings. The molecule has 1 atom stereocenters. The molecule has 2 aromatic rings. The molecule has 3 heterocycles. The monoisotopic (exact) mass is 263 g/mol. The quantitative estimate of drug-likeness (QED) is 0.849. The van der Waals surface area contributed by atoms with Gasteiger partial charge in [-0.15, -0.1) is 0 Å². The highest BCUT2D eigenvalue weighted by Crippen LogP contribution is 2.23. The first-order valence-electron chi connectivity index (χ1n) is 6.60. The van der Waals surface area contributed by atoms with Crippen LogP contribution in [0.15, 0.2) is 24.5 Å². The Morgan fingerprint density at radius 3 is 3.17 bits per heavy atom. The van der Waals surface area contributed by atoms with Gasteiger partial charge in [0.15, 0.2) is 0 Å². The Morgan fingerprint density at radius 1 is 1.50 bits per heavy atom. The fraction of sp³-hybridized carbons (Fsp3) is 0.500. The molecule has 18 heavy (non-hydrogen) atoms. The molecular formula is C14H18ClN3. The maximum atomic E-state index is 6.16. The molecule has 3 rings (SSSR count). The van der Waals surface area contributed by atoms with Gasteiger partial charge >= 0.3 is 0 Å². The molecule has 2 aromatic heterocycles. The fourth-order valence-corrected chi connectivity index (χ4v) is 3.03. The van der Waals surface area contributed by atoms with E-state index in [1.54, 1.807) is 0 Å². The molecule has 0 aliphatic carbocycles. The first-order valence-corrected chi connectivity index (χ1v) is 6.98. The van der Waals surface area contributed by atoms with Crippen LogP contribution >= 0.6 is 11.6 Å². The molecular weight excluding hydrogens is 246 g/mol. The molecule has 0 spiro atoms. The summed E-state index contributed by atoms with van der Waals surface area (Å²) in [6.07, 6.45) is 6.26. The summed E-state index contributed by atoms with van der Waals surface area (Å²) in [5, 5.41) is 0.776. The van der Waals surface area contributed by atoms with Crippen LogP contribution < -0.4 is 0 Å². The highest BCUT2D eigenvalue weighted by Gasteiger charge is 2.22. The molecule has 0 amide bonds. The second-order valence-electron chi connectivity index (χ2n) is 5.04. The van der Waals surface area contributed by atoms with E-state index in [0.717, 1.165) is 35.2 Å². The summed E-state index contributed by atoms with van der Waals surface area (Å²) in [5.74, 6) is 1.87. The van der Waals surface area contributed by atoms with Crippen molar-refractivity contribution in [2.45, 2.75) is 19.8 Å². The number of hydrogen-bond acceptors (Lipinski definition) is 2. The van der Waals surface area contributed by atoms with Gasteiger partial charge in [-0.2, -0.15) is 0 Å². The van der Waals surface area contributed by atoms with Crippen molar-refractivity contribution in [1.29, 1.82) is 0 Å². The Balaban J connectivity index is 1.81. The summed E-state index contributed by atoms with van der Waals surface area (Å²) in [4.78, 5) is 7.04. The highest BCUT2D eigenvalue weighted by molar-refractivity contribution is 6.33. The second kappa shape index (κ2) is 4.90. The smallest absolute Gasteiger partial charge is 0.113 e. The predicted octanol–water partition coefficient (Wildman–Crippen LogP) is 2.87. The Hall–Kier alpha value is -1.06. The molecule has 0 bridgehead atoms. The largest absolute Gasteiger partial charge is 0.303 e. The lowest BCUT2D eigenvalue weighted by molar-refractivity contribution is 0.341. The van der Waals surface area contributed by atoms with E-state index in [1.165, 1.54) is 19.5 Å². The van der Waals surface area contributed by atoms with Crippen molar-refractivity contribution >= 4 is 17.1 Å². The zero-order valence-corrected chi connectivity index (χ0v) is 11.4. The average Bonchev–Trinajstić information content (AvgIpc) is 2.98. The Kier molecular flexibility index (Phi) is 3.27. The van der Waals surface area contributed by atoms with Gasteiger partial charge in [-0.05, 0) is 37.6 Å². The molecule has 1 unspecified atom stereocenters. The van der Waals surface area contributed by atoms with E-state index in [1.807, 2.05) is 18.3 Å². The number of fused-ring (bicyclic) bond motifs is 1. The van der Waals surface area contributed by atoms with Gasteiger partial charge in [-0.1, -0.05) is 18.5 Å². The number of nitrogens with zero attached hydrogens (tertiary/aromatic N) is 3. The minimum Gasteiger partial charge on any atom is -0.303 e. The minimum absolute atomic E-state index is 0.731. The molecule has 1 saturated heterocycles. The maximum Gasteiger partial charge on any atom is 0.113 e. The highest BCUT2D eigenvalue weighted by atomic mass is 35.5. The molecule has 0 aromatic carbocycles. The molecule has 1 aliphatic rings. The van der Waals surface area contributed by atoms with E-state index in [9.17, 15) is 0 Å². The summed E-state index contributed by atoms with van der Waals surface area (Å²) in [6, 6.07) is 3.89. The summed E-state index contributed by atoms with van der Waals surface area (Å²) in [7, 11) is 0. The van der Waals surface area contributed by atoms with Crippen LogP contribution in [0.5, 0.6) is 0 Å². The number of likely N-dealkylation sites (tertiary alicyclic amines) is 1. The van der Waals surface area contributed by atoms with E-state index in [2.05, 4.69) is 27.4 Å². The van der Waals surface area contributed by atoms with E-state index >= 15 is 0 Å². The summed E-state index contributed by atoms with van der Waals surface area (Å²) in [5.41, 5.74) is 1.01. The third-order valence-electron chi connectivity index (χ3n) is 3.88. The maximum absolute atomic E-state index is 6.16. The van der Waals surface area contributed by atoms with Gasteiger partial charge < -0.3 is 9.30 Å². The van der Waals surface area contributed by atoms with Gasteiger partial charge in [0.2, 0.25) is 0 Å². The minimum atomic E-state index is 0.731. The SMILES string of the molecule is CCN1CCC(Cc2ncc3c(Cl)cccn23)C1. The van der Waals surface area contributed by atoms with Gasteiger partial charge in [0.05, 0.1) is 16.7 Å². The van der Waals surface area contributed by atoms with E-state index in [0.29, 0.717) is 0 Å². The van der Waals surface area contributed by atoms with Gasteiger partial charge in [-0.25, -0.2) is 4.98 Å². The molecule has 96 valence electrons. The van der Waals surface area contributed by atoms with Crippen LogP contribution in [0.1, 0.15) is 19.2 Å². The normalized spacial score (nSPS) is 20.9. The summed E-state index contributed by atoms with van der Waals surface area (Å²) >= 11 is 6.16. The van der Waals surface area contributed by atoms with Crippen LogP contribution in [0.4, 0.5) is 0 Å². The van der Waals surface area contributed by atoms with Crippen molar-refractivity contribution in [2.75, 3.05) is 19.6 Å². The zero-order valence-electron chi connectivity index (χ0n) is 10.6. The lowest BCUT2D eigenvalue weighted by atomic mass is 10.0. The standard InChI is InChI=1S/C14H18ClN3/c1-2-17-7-5-11(10-17)8-14-16-9-13-12(15)4-3-6-18(13)14/h3-4,6,9,11H,2,5,7-8,10H2,1H3. The average molecular weight is 264 g/mol. The number of halogens is 1. The third kappa shape index (κ3) is 2.13. The summed E-state index contributed by atoms with van der Waals surface area (Å²) in [6.45, 7) is 5.81. The number of rotatable bonds is 3. The van der Waals surface area contributed by atoms with Crippen molar-refractivity contribution in [3.05, 3.63) is 35.4 Å². The first kappa shape index (κ1) is 12.0. The molecule has 0 radical (unpaired) electrons. The van der Waals surface area contributed by atoms with Gasteiger partial charge in [0.1, 0.15) is 5.82 Å². The van der Waals surface area contributed by atoms with Crippen molar-refractivity contribution in [2.24, 2.45) is 5.92 Å². The van der Waals surface area contributed by atoms with Gasteiger partial charge in [0, 0.05) is 19.2 Å². The van der Waals surface area contributed by atoms with Gasteiger partial charge in [-0.3, -0.25) is 0 Å². The second-order valence-corrected chi connectivity index (χ2v) is 5.45. The number of imidazole rings is 1. The van der Waals surface area contributed by atoms with Crippen molar-refractivity contribution in [3.8, 4) is 0 Å². The topological polar surface area (TPSA) is 20.5 Å². The van der Waals surface area contributed by atoms with Crippen LogP contribution in [0.25, 0.3) is 5.52 Å². The Morgan fingerprint density at radius 2 is 2.39 bits per heavy atom.